The molecule has 4 heterocycles. The monoisotopic (exact) mass is 507 g/mol. The molecule has 0 spiro atoms. The summed E-state index contributed by atoms with van der Waals surface area (Å²) in [5, 5.41) is 4.06. The van der Waals surface area contributed by atoms with Crippen LogP contribution in [0.3, 0.4) is 0 Å². The second kappa shape index (κ2) is 8.72. The molecule has 1 aliphatic rings. The van der Waals surface area contributed by atoms with Gasteiger partial charge in [-0.25, -0.2) is 14.4 Å². The third kappa shape index (κ3) is 4.29. The van der Waals surface area contributed by atoms with E-state index in [0.717, 1.165) is 16.6 Å². The smallest absolute Gasteiger partial charge is 0.348 e. The van der Waals surface area contributed by atoms with Crippen molar-refractivity contribution >= 4 is 27.5 Å². The molecule has 0 saturated carbocycles. The molecule has 8 nitrogen and oxygen atoms in total. The molecule has 1 atom stereocenters. The van der Waals surface area contributed by atoms with Crippen molar-refractivity contribution in [1.82, 2.24) is 34.5 Å². The van der Waals surface area contributed by atoms with Gasteiger partial charge in [-0.2, -0.15) is 18.3 Å². The van der Waals surface area contributed by atoms with Crippen molar-refractivity contribution in [3.63, 3.8) is 0 Å². The third-order valence-electron chi connectivity index (χ3n) is 5.84. The summed E-state index contributed by atoms with van der Waals surface area (Å²) in [5.41, 5.74) is -0.375. The number of hydrogen-bond acceptors (Lipinski definition) is 6. The number of halogens is 4. The molecule has 184 valence electrons. The van der Waals surface area contributed by atoms with E-state index >= 15 is 0 Å². The topological polar surface area (TPSA) is 82.9 Å². The maximum atomic E-state index is 14.3. The van der Waals surface area contributed by atoms with Gasteiger partial charge in [-0.1, -0.05) is 6.07 Å². The zero-order valence-corrected chi connectivity index (χ0v) is 19.6. The molecule has 5 rings (SSSR count). The number of H-pyrrole nitrogens is 1. The van der Waals surface area contributed by atoms with Gasteiger partial charge in [0.05, 0.1) is 28.8 Å². The van der Waals surface area contributed by atoms with Crippen molar-refractivity contribution in [3.8, 4) is 0 Å². The lowest BCUT2D eigenvalue weighted by molar-refractivity contribution is -0.141. The molecule has 0 radical (unpaired) electrons. The zero-order chi connectivity index (χ0) is 24.9. The van der Waals surface area contributed by atoms with Gasteiger partial charge in [0.1, 0.15) is 22.4 Å². The number of nitrogens with zero attached hydrogens (tertiary/aromatic N) is 6. The second-order valence-electron chi connectivity index (χ2n) is 8.51. The predicted molar refractivity (Wildman–Crippen MR) is 121 cm³/mol. The van der Waals surface area contributed by atoms with Crippen LogP contribution in [-0.2, 0) is 19.1 Å². The van der Waals surface area contributed by atoms with Crippen LogP contribution in [0, 0.1) is 5.82 Å². The van der Waals surface area contributed by atoms with Gasteiger partial charge in [-0.3, -0.25) is 9.48 Å². The molecule has 3 aromatic heterocycles. The molecule has 35 heavy (non-hydrogen) atoms. The Morgan fingerprint density at radius 1 is 1.31 bits per heavy atom. The number of amides is 1. The van der Waals surface area contributed by atoms with Crippen molar-refractivity contribution in [1.29, 1.82) is 0 Å². The molecule has 0 aliphatic carbocycles. The molecule has 4 aromatic rings. The Hall–Kier alpha value is -3.32. The minimum absolute atomic E-state index is 0.136. The van der Waals surface area contributed by atoms with E-state index in [1.165, 1.54) is 28.6 Å². The Morgan fingerprint density at radius 2 is 2.11 bits per heavy atom. The number of aromatic nitrogens is 5. The summed E-state index contributed by atoms with van der Waals surface area (Å²) in [5.74, 6) is -1.34. The average Bonchev–Trinajstić information content (AvgIpc) is 3.54. The van der Waals surface area contributed by atoms with Gasteiger partial charge in [0.15, 0.2) is 5.69 Å². The highest BCUT2D eigenvalue weighted by molar-refractivity contribution is 7.18. The number of carbonyl (C=O) groups excluding carboxylic acids is 1. The van der Waals surface area contributed by atoms with E-state index in [1.807, 2.05) is 4.90 Å². The zero-order valence-electron chi connectivity index (χ0n) is 18.8. The Labute approximate surface area is 201 Å². The minimum Gasteiger partial charge on any atom is -0.348 e. The quantitative estimate of drug-likeness (QED) is 0.417. The summed E-state index contributed by atoms with van der Waals surface area (Å²) < 4.78 is 57.6. The van der Waals surface area contributed by atoms with E-state index in [2.05, 4.69) is 20.1 Å². The molecular weight excluding hydrogens is 486 g/mol. The number of para-hydroxylation sites is 1. The van der Waals surface area contributed by atoms with Gasteiger partial charge >= 0.3 is 6.18 Å². The summed E-state index contributed by atoms with van der Waals surface area (Å²) in [4.78, 5) is 28.5. The van der Waals surface area contributed by atoms with E-state index < -0.39 is 35.2 Å². The standard InChI is InChI=1S/C22H21F4N7OS/c1-31(2)8-9-32-10-12(19(30-32)22(24,25)26)21(34)33-7-6-14-17(28-11-27-14)18(33)20-29-16-13(23)4-3-5-15(16)35-20/h3-5,10-11,18H,6-9H2,1-2H3,(H,27,28)/t18-/m0/s1. The van der Waals surface area contributed by atoms with Crippen LogP contribution in [0.1, 0.15) is 38.5 Å². The lowest BCUT2D eigenvalue weighted by Gasteiger charge is -2.33. The fraction of sp³-hybridized carbons (Fsp3) is 0.364. The average molecular weight is 508 g/mol. The van der Waals surface area contributed by atoms with Gasteiger partial charge in [-0.15, -0.1) is 11.3 Å². The Kier molecular flexibility index (Phi) is 5.83. The fourth-order valence-electron chi connectivity index (χ4n) is 4.15. The summed E-state index contributed by atoms with van der Waals surface area (Å²) in [6.07, 6.45) is -1.81. The van der Waals surface area contributed by atoms with Crippen LogP contribution in [0.4, 0.5) is 17.6 Å². The summed E-state index contributed by atoms with van der Waals surface area (Å²) in [6, 6.07) is 3.69. The molecule has 0 saturated heterocycles. The van der Waals surface area contributed by atoms with Crippen molar-refractivity contribution in [2.24, 2.45) is 0 Å². The molecule has 1 aromatic carbocycles. The van der Waals surface area contributed by atoms with Crippen LogP contribution < -0.4 is 0 Å². The van der Waals surface area contributed by atoms with Crippen LogP contribution in [0.25, 0.3) is 10.2 Å². The Morgan fingerprint density at radius 3 is 2.83 bits per heavy atom. The van der Waals surface area contributed by atoms with Gasteiger partial charge in [0, 0.05) is 31.4 Å². The SMILES string of the molecule is CN(C)CCn1cc(C(=O)N2CCc3[nH]cnc3[C@H]2c2nc3c(F)cccc3s2)c(C(F)(F)F)n1. The first kappa shape index (κ1) is 23.4. The highest BCUT2D eigenvalue weighted by atomic mass is 32.1. The van der Waals surface area contributed by atoms with E-state index in [-0.39, 0.29) is 18.6 Å². The molecule has 1 amide bonds. The molecule has 1 aliphatic heterocycles. The van der Waals surface area contributed by atoms with Crippen LogP contribution in [-0.4, -0.2) is 67.6 Å². The Bertz CT molecular complexity index is 1390. The summed E-state index contributed by atoms with van der Waals surface area (Å²) in [7, 11) is 3.59. The van der Waals surface area contributed by atoms with E-state index in [1.54, 1.807) is 26.2 Å². The number of rotatable bonds is 5. The maximum absolute atomic E-state index is 14.3. The van der Waals surface area contributed by atoms with Crippen LogP contribution in [0.15, 0.2) is 30.7 Å². The second-order valence-corrected chi connectivity index (χ2v) is 9.57. The number of fused-ring (bicyclic) bond motifs is 2. The summed E-state index contributed by atoms with van der Waals surface area (Å²) in [6.45, 7) is 0.775. The van der Waals surface area contributed by atoms with Crippen molar-refractivity contribution in [2.75, 3.05) is 27.2 Å². The lowest BCUT2D eigenvalue weighted by atomic mass is 10.0. The number of nitrogens with one attached hydrogen (secondary N) is 1. The maximum Gasteiger partial charge on any atom is 0.435 e. The lowest BCUT2D eigenvalue weighted by Crippen LogP contribution is -2.41. The van der Waals surface area contributed by atoms with Crippen molar-refractivity contribution in [3.05, 3.63) is 64.2 Å². The highest BCUT2D eigenvalue weighted by Gasteiger charge is 2.43. The number of imidazole rings is 1. The first-order chi connectivity index (χ1) is 16.6. The normalized spacial score (nSPS) is 16.3. The number of likely N-dealkylation sites (N-methyl/N-ethyl adjacent to an activating group) is 1. The molecule has 0 unspecified atom stereocenters. The van der Waals surface area contributed by atoms with Gasteiger partial charge in [-0.05, 0) is 26.2 Å². The largest absolute Gasteiger partial charge is 0.435 e. The Balaban J connectivity index is 1.58. The minimum atomic E-state index is -4.81. The number of carbonyl (C=O) groups is 1. The van der Waals surface area contributed by atoms with E-state index in [9.17, 15) is 22.4 Å². The molecule has 0 fully saturated rings. The van der Waals surface area contributed by atoms with Gasteiger partial charge in [0.2, 0.25) is 0 Å². The molecule has 0 bridgehead atoms. The molecule has 1 N–H and O–H groups in total. The first-order valence-corrected chi connectivity index (χ1v) is 11.6. The highest BCUT2D eigenvalue weighted by Crippen LogP contribution is 2.40. The van der Waals surface area contributed by atoms with Gasteiger partial charge in [0.25, 0.3) is 5.91 Å². The number of alkyl halides is 3. The number of hydrogen-bond donors (Lipinski definition) is 1. The van der Waals surface area contributed by atoms with Crippen LogP contribution in [0.5, 0.6) is 0 Å². The number of benzene rings is 1. The van der Waals surface area contributed by atoms with E-state index in [0.29, 0.717) is 28.4 Å². The van der Waals surface area contributed by atoms with Gasteiger partial charge < -0.3 is 14.8 Å². The van der Waals surface area contributed by atoms with E-state index in [4.69, 9.17) is 0 Å². The van der Waals surface area contributed by atoms with Crippen LogP contribution >= 0.6 is 11.3 Å². The van der Waals surface area contributed by atoms with Crippen molar-refractivity contribution < 1.29 is 22.4 Å². The first-order valence-electron chi connectivity index (χ1n) is 10.8. The number of thiazole rings is 1. The number of aromatic amines is 1. The van der Waals surface area contributed by atoms with Crippen molar-refractivity contribution in [2.45, 2.75) is 25.2 Å². The fourth-order valence-corrected chi connectivity index (χ4v) is 5.25. The molecular formula is C22H21F4N7OS. The molecule has 13 heteroatoms. The van der Waals surface area contributed by atoms with Crippen LogP contribution in [0.2, 0.25) is 0 Å². The predicted octanol–water partition coefficient (Wildman–Crippen LogP) is 3.72. The summed E-state index contributed by atoms with van der Waals surface area (Å²) >= 11 is 1.18. The third-order valence-corrected chi connectivity index (χ3v) is 6.92.